The zero-order valence-electron chi connectivity index (χ0n) is 13.5. The summed E-state index contributed by atoms with van der Waals surface area (Å²) < 4.78 is 180. The Labute approximate surface area is 164 Å². The number of alkyl halides is 14. The molecule has 29 heavy (non-hydrogen) atoms. The third-order valence-corrected chi connectivity index (χ3v) is 2.30. The Morgan fingerprint density at radius 2 is 0.862 bits per heavy atom. The van der Waals surface area contributed by atoms with E-state index in [1.54, 1.807) is 0 Å². The van der Waals surface area contributed by atoms with E-state index in [0.29, 0.717) is 0 Å². The maximum atomic E-state index is 13.0. The van der Waals surface area contributed by atoms with Gasteiger partial charge in [-0.3, -0.25) is 9.47 Å². The second kappa shape index (κ2) is 10.2. The number of ether oxygens (including phenoxy) is 2. The van der Waals surface area contributed by atoms with E-state index in [9.17, 15) is 61.5 Å². The molecular weight excluding hydrogens is 553 g/mol. The van der Waals surface area contributed by atoms with Gasteiger partial charge in [-0.1, -0.05) is 0 Å². The van der Waals surface area contributed by atoms with Gasteiger partial charge in [-0.2, -0.15) is 43.9 Å². The summed E-state index contributed by atoms with van der Waals surface area (Å²) in [4.78, 5) is 0. The molecule has 2 N–H and O–H groups in total. The summed E-state index contributed by atoms with van der Waals surface area (Å²) in [6, 6.07) is 0. The van der Waals surface area contributed by atoms with E-state index in [1.807, 2.05) is 4.74 Å². The fraction of sp³-hybridized carbons (Fsp3) is 1.00. The number of hydrogen-bond acceptors (Lipinski definition) is 4. The van der Waals surface area contributed by atoms with Crippen molar-refractivity contribution in [2.24, 2.45) is 0 Å². The number of halogens is 14. The van der Waals surface area contributed by atoms with E-state index in [4.69, 9.17) is 10.2 Å². The molecule has 0 aromatic rings. The Morgan fingerprint density at radius 3 is 1.07 bits per heavy atom. The van der Waals surface area contributed by atoms with Crippen LogP contribution in [0.2, 0.25) is 0 Å². The standard InChI is InChI=1S/C9H6F14O3.CH4O.Rh/c1-4(12,13)2(10)25-8(20,21)6(16,17)7(18,19)9(22,23)26-3(11)5(14,15)24;1-2;/h2-3,24H,1H3;2H,1H3;. The van der Waals surface area contributed by atoms with Crippen LogP contribution in [0.4, 0.5) is 61.5 Å². The molecule has 0 heterocycles. The zero-order valence-corrected chi connectivity index (χ0v) is 15.1. The predicted molar refractivity (Wildman–Crippen MR) is 57.7 cm³/mol. The Kier molecular flexibility index (Phi) is 11.6. The van der Waals surface area contributed by atoms with Gasteiger partial charge in [0.05, 0.1) is 0 Å². The summed E-state index contributed by atoms with van der Waals surface area (Å²) in [5, 5.41) is 14.6. The fourth-order valence-corrected chi connectivity index (χ4v) is 0.948. The fourth-order valence-electron chi connectivity index (χ4n) is 0.948. The Hall–Kier alpha value is -0.517. The molecule has 2 unspecified atom stereocenters. The molecule has 0 spiro atoms. The Bertz CT molecular complexity index is 448. The van der Waals surface area contributed by atoms with Crippen LogP contribution < -0.4 is 0 Å². The second-order valence-corrected chi connectivity index (χ2v) is 4.59. The van der Waals surface area contributed by atoms with Gasteiger partial charge in [0.15, 0.2) is 0 Å². The van der Waals surface area contributed by atoms with Crippen molar-refractivity contribution in [1.29, 1.82) is 0 Å². The third kappa shape index (κ3) is 7.59. The summed E-state index contributed by atoms with van der Waals surface area (Å²) in [6.45, 7) is -0.543. The van der Waals surface area contributed by atoms with Gasteiger partial charge >= 0.3 is 30.2 Å². The minimum Gasteiger partial charge on any atom is -0.400 e. The molecular formula is C10H10F14O4Rh. The second-order valence-electron chi connectivity index (χ2n) is 4.59. The van der Waals surface area contributed by atoms with Crippen LogP contribution in [0.15, 0.2) is 0 Å². The molecule has 0 fully saturated rings. The average Bonchev–Trinajstić information content (AvgIpc) is 2.45. The van der Waals surface area contributed by atoms with E-state index >= 15 is 0 Å². The van der Waals surface area contributed by atoms with Crippen LogP contribution in [-0.2, 0) is 29.0 Å². The first kappa shape index (κ1) is 33.1. The predicted octanol–water partition coefficient (Wildman–Crippen LogP) is 3.91. The Morgan fingerprint density at radius 1 is 0.621 bits per heavy atom. The van der Waals surface area contributed by atoms with Crippen LogP contribution in [0.25, 0.3) is 0 Å². The monoisotopic (exact) mass is 563 g/mol. The van der Waals surface area contributed by atoms with Gasteiger partial charge in [0.1, 0.15) is 0 Å². The van der Waals surface area contributed by atoms with Gasteiger partial charge in [0, 0.05) is 33.5 Å². The number of aliphatic hydroxyl groups excluding tert-OH is 1. The molecule has 0 saturated heterocycles. The molecule has 0 aliphatic heterocycles. The molecule has 0 saturated carbocycles. The normalized spacial score (nSPS) is 16.3. The number of rotatable bonds is 9. The summed E-state index contributed by atoms with van der Waals surface area (Å²) in [7, 11) is 1.00. The summed E-state index contributed by atoms with van der Waals surface area (Å²) in [5.41, 5.74) is 0. The van der Waals surface area contributed by atoms with Crippen LogP contribution in [0.1, 0.15) is 6.92 Å². The van der Waals surface area contributed by atoms with Crippen molar-refractivity contribution in [2.45, 2.75) is 55.7 Å². The maximum Gasteiger partial charge on any atom is 0.428 e. The topological polar surface area (TPSA) is 58.9 Å². The first-order chi connectivity index (χ1) is 12.0. The molecule has 0 rings (SSSR count). The van der Waals surface area contributed by atoms with E-state index in [-0.39, 0.29) is 19.5 Å². The van der Waals surface area contributed by atoms with Crippen LogP contribution in [0.5, 0.6) is 0 Å². The van der Waals surface area contributed by atoms with Crippen molar-refractivity contribution in [3.8, 4) is 0 Å². The Balaban J connectivity index is -0.00000218. The smallest absolute Gasteiger partial charge is 0.400 e. The summed E-state index contributed by atoms with van der Waals surface area (Å²) in [5.74, 6) is -20.2. The molecule has 0 aliphatic carbocycles. The largest absolute Gasteiger partial charge is 0.428 e. The van der Waals surface area contributed by atoms with Crippen molar-refractivity contribution < 1.29 is 101 Å². The minimum absolute atomic E-state index is 0. The molecule has 4 nitrogen and oxygen atoms in total. The molecule has 181 valence electrons. The van der Waals surface area contributed by atoms with Crippen LogP contribution in [0, 0.1) is 0 Å². The van der Waals surface area contributed by atoms with Gasteiger partial charge in [-0.05, 0) is 0 Å². The third-order valence-electron chi connectivity index (χ3n) is 2.30. The quantitative estimate of drug-likeness (QED) is 0.330. The molecule has 0 aromatic heterocycles. The van der Waals surface area contributed by atoms with Crippen molar-refractivity contribution >= 4 is 0 Å². The minimum atomic E-state index is -7.62. The average molecular weight is 563 g/mol. The van der Waals surface area contributed by atoms with Gasteiger partial charge < -0.3 is 10.2 Å². The van der Waals surface area contributed by atoms with Gasteiger partial charge in [0.25, 0.3) is 18.6 Å². The van der Waals surface area contributed by atoms with Crippen molar-refractivity contribution in [3.63, 3.8) is 0 Å². The van der Waals surface area contributed by atoms with Gasteiger partial charge in [-0.15, -0.1) is 0 Å². The molecule has 19 heteroatoms. The van der Waals surface area contributed by atoms with E-state index in [2.05, 4.69) is 4.74 Å². The molecule has 1 radical (unpaired) electrons. The van der Waals surface area contributed by atoms with Crippen LogP contribution in [0.3, 0.4) is 0 Å². The zero-order chi connectivity index (χ0) is 23.6. The SMILES string of the molecule is CC(F)(F)C(F)OC(F)(F)C(F)(F)C(F)(F)C(F)(F)OC(F)C(O)(F)F.CO.[Rh]. The molecule has 0 aliphatic rings. The van der Waals surface area contributed by atoms with E-state index < -0.39 is 55.7 Å². The van der Waals surface area contributed by atoms with Crippen LogP contribution >= 0.6 is 0 Å². The van der Waals surface area contributed by atoms with Crippen molar-refractivity contribution in [3.05, 3.63) is 0 Å². The first-order valence-corrected chi connectivity index (χ1v) is 6.08. The molecule has 2 atom stereocenters. The van der Waals surface area contributed by atoms with Crippen molar-refractivity contribution in [1.82, 2.24) is 0 Å². The van der Waals surface area contributed by atoms with Gasteiger partial charge in [-0.25, -0.2) is 17.6 Å². The molecule has 0 bridgehead atoms. The summed E-state index contributed by atoms with van der Waals surface area (Å²) >= 11 is 0. The molecule has 0 aromatic carbocycles. The van der Waals surface area contributed by atoms with Crippen molar-refractivity contribution in [2.75, 3.05) is 7.11 Å². The molecule has 0 amide bonds. The van der Waals surface area contributed by atoms with E-state index in [0.717, 1.165) is 7.11 Å². The van der Waals surface area contributed by atoms with Gasteiger partial charge in [0.2, 0.25) is 0 Å². The summed E-state index contributed by atoms with van der Waals surface area (Å²) in [6.07, 6.45) is -30.0. The first-order valence-electron chi connectivity index (χ1n) is 6.08. The maximum absolute atomic E-state index is 13.0. The van der Waals surface area contributed by atoms with Crippen LogP contribution in [-0.4, -0.2) is 66.1 Å². The van der Waals surface area contributed by atoms with E-state index in [1.165, 1.54) is 0 Å². The number of aliphatic hydroxyl groups is 2. The number of hydrogen-bond donors (Lipinski definition) is 2.